The Bertz CT molecular complexity index is 811. The second kappa shape index (κ2) is 10.0. The van der Waals surface area contributed by atoms with Crippen LogP contribution >= 0.6 is 0 Å². The van der Waals surface area contributed by atoms with Crippen LogP contribution < -0.4 is 4.74 Å². The SMILES string of the molecule is COc1ccc(CCC(=O)N2CC(=O)N(Cc3cccnc3)C[C@@H](OC)C2)cc1. The predicted octanol–water partition coefficient (Wildman–Crippen LogP) is 1.91. The van der Waals surface area contributed by atoms with Crippen molar-refractivity contribution in [2.75, 3.05) is 33.9 Å². The summed E-state index contributed by atoms with van der Waals surface area (Å²) in [5.41, 5.74) is 2.01. The molecule has 0 spiro atoms. The Morgan fingerprint density at radius 1 is 1.14 bits per heavy atom. The highest BCUT2D eigenvalue weighted by Crippen LogP contribution is 2.15. The molecule has 154 valence electrons. The Balaban J connectivity index is 1.61. The molecule has 2 heterocycles. The van der Waals surface area contributed by atoms with Crippen molar-refractivity contribution in [1.29, 1.82) is 0 Å². The van der Waals surface area contributed by atoms with Gasteiger partial charge in [-0.3, -0.25) is 14.6 Å². The van der Waals surface area contributed by atoms with E-state index in [0.717, 1.165) is 16.9 Å². The molecule has 0 aliphatic carbocycles. The molecule has 0 radical (unpaired) electrons. The first-order valence-corrected chi connectivity index (χ1v) is 9.69. The number of nitrogens with zero attached hydrogens (tertiary/aromatic N) is 3. The molecule has 7 nitrogen and oxygen atoms in total. The first-order valence-electron chi connectivity index (χ1n) is 9.69. The van der Waals surface area contributed by atoms with Crippen LogP contribution in [-0.4, -0.2) is 66.6 Å². The number of ether oxygens (including phenoxy) is 2. The van der Waals surface area contributed by atoms with E-state index in [2.05, 4.69) is 4.98 Å². The molecule has 3 rings (SSSR count). The van der Waals surface area contributed by atoms with Gasteiger partial charge < -0.3 is 19.3 Å². The predicted molar refractivity (Wildman–Crippen MR) is 108 cm³/mol. The maximum Gasteiger partial charge on any atom is 0.242 e. The molecule has 29 heavy (non-hydrogen) atoms. The van der Waals surface area contributed by atoms with Crippen LogP contribution in [0.1, 0.15) is 17.5 Å². The van der Waals surface area contributed by atoms with E-state index >= 15 is 0 Å². The maximum atomic E-state index is 12.8. The molecule has 1 aliphatic rings. The summed E-state index contributed by atoms with van der Waals surface area (Å²) < 4.78 is 10.7. The largest absolute Gasteiger partial charge is 0.497 e. The zero-order valence-corrected chi connectivity index (χ0v) is 16.9. The summed E-state index contributed by atoms with van der Waals surface area (Å²) in [5, 5.41) is 0. The van der Waals surface area contributed by atoms with Crippen LogP contribution in [0.5, 0.6) is 5.75 Å². The van der Waals surface area contributed by atoms with Crippen LogP contribution in [-0.2, 0) is 27.3 Å². The Kier molecular flexibility index (Phi) is 7.19. The van der Waals surface area contributed by atoms with Crippen LogP contribution in [0.3, 0.4) is 0 Å². The lowest BCUT2D eigenvalue weighted by Gasteiger charge is -2.23. The number of carbonyl (C=O) groups is 2. The molecular weight excluding hydrogens is 370 g/mol. The van der Waals surface area contributed by atoms with E-state index in [4.69, 9.17) is 9.47 Å². The standard InChI is InChI=1S/C22H27N3O4/c1-28-19-8-5-17(6-9-19)7-10-21(26)25-15-20(29-2)14-24(22(27)16-25)13-18-4-3-11-23-12-18/h3-6,8-9,11-12,20H,7,10,13-16H2,1-2H3/t20-/m1/s1. The number of amides is 2. The minimum atomic E-state index is -0.219. The third kappa shape index (κ3) is 5.77. The number of carbonyl (C=O) groups excluding carboxylic acids is 2. The molecule has 0 unspecified atom stereocenters. The summed E-state index contributed by atoms with van der Waals surface area (Å²) >= 11 is 0. The fourth-order valence-corrected chi connectivity index (χ4v) is 3.38. The Labute approximate surface area is 171 Å². The van der Waals surface area contributed by atoms with Gasteiger partial charge in [-0.05, 0) is 35.7 Å². The van der Waals surface area contributed by atoms with E-state index in [-0.39, 0.29) is 24.5 Å². The van der Waals surface area contributed by atoms with Gasteiger partial charge in [-0.15, -0.1) is 0 Å². The average molecular weight is 397 g/mol. The highest BCUT2D eigenvalue weighted by molar-refractivity contribution is 5.85. The third-order valence-electron chi connectivity index (χ3n) is 5.10. The van der Waals surface area contributed by atoms with Gasteiger partial charge in [-0.2, -0.15) is 0 Å². The molecule has 0 bridgehead atoms. The monoisotopic (exact) mass is 397 g/mol. The van der Waals surface area contributed by atoms with Gasteiger partial charge in [0.15, 0.2) is 0 Å². The third-order valence-corrected chi connectivity index (χ3v) is 5.10. The van der Waals surface area contributed by atoms with Gasteiger partial charge in [0, 0.05) is 45.6 Å². The van der Waals surface area contributed by atoms with E-state index in [9.17, 15) is 9.59 Å². The number of aryl methyl sites for hydroxylation is 1. The lowest BCUT2D eigenvalue weighted by molar-refractivity contribution is -0.139. The van der Waals surface area contributed by atoms with Crippen molar-refractivity contribution in [3.8, 4) is 5.75 Å². The van der Waals surface area contributed by atoms with Gasteiger partial charge in [0.2, 0.25) is 11.8 Å². The lowest BCUT2D eigenvalue weighted by Crippen LogP contribution is -2.39. The van der Waals surface area contributed by atoms with Crippen molar-refractivity contribution in [1.82, 2.24) is 14.8 Å². The summed E-state index contributed by atoms with van der Waals surface area (Å²) in [6.07, 6.45) is 4.19. The molecule has 2 amide bonds. The topological polar surface area (TPSA) is 72.0 Å². The van der Waals surface area contributed by atoms with Crippen molar-refractivity contribution >= 4 is 11.8 Å². The zero-order valence-electron chi connectivity index (χ0n) is 16.9. The summed E-state index contributed by atoms with van der Waals surface area (Å²) in [6.45, 7) is 1.39. The van der Waals surface area contributed by atoms with Crippen molar-refractivity contribution in [3.05, 3.63) is 59.9 Å². The highest BCUT2D eigenvalue weighted by atomic mass is 16.5. The van der Waals surface area contributed by atoms with Gasteiger partial charge >= 0.3 is 0 Å². The van der Waals surface area contributed by atoms with Crippen molar-refractivity contribution in [3.63, 3.8) is 0 Å². The number of benzene rings is 1. The molecule has 7 heteroatoms. The molecule has 2 aromatic rings. The van der Waals surface area contributed by atoms with Crippen LogP contribution in [0, 0.1) is 0 Å². The minimum Gasteiger partial charge on any atom is -0.497 e. The molecule has 1 aromatic heterocycles. The molecule has 0 N–H and O–H groups in total. The first-order chi connectivity index (χ1) is 14.1. The van der Waals surface area contributed by atoms with Crippen molar-refractivity contribution < 1.29 is 19.1 Å². The Hall–Kier alpha value is -2.93. The summed E-state index contributed by atoms with van der Waals surface area (Å²) in [5.74, 6) is 0.667. The van der Waals surface area contributed by atoms with Crippen LogP contribution in [0.4, 0.5) is 0 Å². The van der Waals surface area contributed by atoms with E-state index in [1.807, 2.05) is 36.4 Å². The fourth-order valence-electron chi connectivity index (χ4n) is 3.38. The van der Waals surface area contributed by atoms with Gasteiger partial charge in [0.1, 0.15) is 5.75 Å². The quantitative estimate of drug-likeness (QED) is 0.714. The fraction of sp³-hybridized carbons (Fsp3) is 0.409. The Morgan fingerprint density at radius 3 is 2.59 bits per heavy atom. The number of rotatable bonds is 7. The number of methoxy groups -OCH3 is 2. The molecular formula is C22H27N3O4. The Morgan fingerprint density at radius 2 is 1.93 bits per heavy atom. The van der Waals surface area contributed by atoms with Crippen molar-refractivity contribution in [2.24, 2.45) is 0 Å². The summed E-state index contributed by atoms with van der Waals surface area (Å²) in [4.78, 5) is 33.0. The summed E-state index contributed by atoms with van der Waals surface area (Å²) in [6, 6.07) is 11.4. The maximum absolute atomic E-state index is 12.8. The second-order valence-electron chi connectivity index (χ2n) is 7.12. The van der Waals surface area contributed by atoms with E-state index < -0.39 is 0 Å². The van der Waals surface area contributed by atoms with Crippen LogP contribution in [0.25, 0.3) is 0 Å². The van der Waals surface area contributed by atoms with Crippen LogP contribution in [0.2, 0.25) is 0 Å². The minimum absolute atomic E-state index is 0.0422. The van der Waals surface area contributed by atoms with Gasteiger partial charge in [0.05, 0.1) is 19.8 Å². The number of pyridine rings is 1. The summed E-state index contributed by atoms with van der Waals surface area (Å²) in [7, 11) is 3.24. The average Bonchev–Trinajstić information content (AvgIpc) is 2.92. The molecule has 1 atom stereocenters. The number of hydrogen-bond donors (Lipinski definition) is 0. The normalized spacial score (nSPS) is 17.2. The molecule has 1 aromatic carbocycles. The molecule has 0 saturated carbocycles. The molecule has 1 saturated heterocycles. The first kappa shape index (κ1) is 20.8. The van der Waals surface area contributed by atoms with Gasteiger partial charge in [0.25, 0.3) is 0 Å². The smallest absolute Gasteiger partial charge is 0.242 e. The second-order valence-corrected chi connectivity index (χ2v) is 7.12. The van der Waals surface area contributed by atoms with Gasteiger partial charge in [-0.1, -0.05) is 18.2 Å². The highest BCUT2D eigenvalue weighted by Gasteiger charge is 2.30. The van der Waals surface area contributed by atoms with E-state index in [1.54, 1.807) is 36.4 Å². The van der Waals surface area contributed by atoms with Gasteiger partial charge in [-0.25, -0.2) is 0 Å². The number of aromatic nitrogens is 1. The molecule has 1 fully saturated rings. The molecule has 1 aliphatic heterocycles. The zero-order chi connectivity index (χ0) is 20.6. The van der Waals surface area contributed by atoms with E-state index in [1.165, 1.54) is 0 Å². The van der Waals surface area contributed by atoms with Crippen molar-refractivity contribution in [2.45, 2.75) is 25.5 Å². The van der Waals surface area contributed by atoms with E-state index in [0.29, 0.717) is 32.5 Å². The number of hydrogen-bond acceptors (Lipinski definition) is 5. The van der Waals surface area contributed by atoms with Crippen LogP contribution in [0.15, 0.2) is 48.8 Å². The lowest BCUT2D eigenvalue weighted by atomic mass is 10.1.